The molecule has 3 N–H and O–H groups in total. The summed E-state index contributed by atoms with van der Waals surface area (Å²) < 4.78 is 10.7. The van der Waals surface area contributed by atoms with Crippen LogP contribution in [-0.4, -0.2) is 60.9 Å². The van der Waals surface area contributed by atoms with Crippen molar-refractivity contribution in [2.24, 2.45) is 5.92 Å². The number of hydrogen-bond donors (Lipinski definition) is 3. The van der Waals surface area contributed by atoms with Crippen LogP contribution in [0.4, 0.5) is 0 Å². The minimum absolute atomic E-state index is 0.131. The molecule has 2 aliphatic carbocycles. The average Bonchev–Trinajstić information content (AvgIpc) is 3.36. The van der Waals surface area contributed by atoms with Crippen molar-refractivity contribution in [2.45, 2.75) is 82.5 Å². The van der Waals surface area contributed by atoms with Crippen LogP contribution in [0.3, 0.4) is 0 Å². The Morgan fingerprint density at radius 3 is 2.28 bits per heavy atom. The van der Waals surface area contributed by atoms with Gasteiger partial charge in [0.2, 0.25) is 17.7 Å². The van der Waals surface area contributed by atoms with Gasteiger partial charge in [0.25, 0.3) is 0 Å². The molecule has 9 nitrogen and oxygen atoms in total. The van der Waals surface area contributed by atoms with Crippen molar-refractivity contribution in [1.29, 1.82) is 0 Å². The van der Waals surface area contributed by atoms with E-state index in [0.29, 0.717) is 36.7 Å². The monoisotopic (exact) mass is 587 g/mol. The molecule has 0 radical (unpaired) electrons. The van der Waals surface area contributed by atoms with Gasteiger partial charge < -0.3 is 25.4 Å². The first kappa shape index (κ1) is 30.5. The Morgan fingerprint density at radius 1 is 0.953 bits per heavy atom. The second-order valence-electron chi connectivity index (χ2n) is 12.2. The summed E-state index contributed by atoms with van der Waals surface area (Å²) in [6.45, 7) is 3.69. The second kappa shape index (κ2) is 13.1. The Morgan fingerprint density at radius 2 is 1.63 bits per heavy atom. The molecule has 4 atom stereocenters. The van der Waals surface area contributed by atoms with E-state index in [0.717, 1.165) is 42.4 Å². The van der Waals surface area contributed by atoms with Crippen LogP contribution < -0.4 is 20.7 Å². The molecule has 5 rings (SSSR count). The zero-order chi connectivity index (χ0) is 30.6. The lowest BCUT2D eigenvalue weighted by Crippen LogP contribution is -2.57. The quantitative estimate of drug-likeness (QED) is 0.309. The number of carbonyl (C=O) groups is 4. The third kappa shape index (κ3) is 7.51. The van der Waals surface area contributed by atoms with E-state index in [4.69, 9.17) is 9.47 Å². The smallest absolute Gasteiger partial charge is 0.248 e. The predicted octanol–water partition coefficient (Wildman–Crippen LogP) is 3.29. The van der Waals surface area contributed by atoms with Crippen molar-refractivity contribution in [3.63, 3.8) is 0 Å². The maximum atomic E-state index is 13.8. The normalized spacial score (nSPS) is 21.1. The maximum absolute atomic E-state index is 13.8. The summed E-state index contributed by atoms with van der Waals surface area (Å²) in [6, 6.07) is 12.5. The summed E-state index contributed by atoms with van der Waals surface area (Å²) >= 11 is 0. The Bertz CT molecular complexity index is 1390. The number of ketones is 1. The number of hydrogen-bond acceptors (Lipinski definition) is 6. The molecule has 3 amide bonds. The Balaban J connectivity index is 1.28. The number of Topliss-reactive ketones (excluding diaryl/α,β-unsaturated/α-hetero) is 1. The van der Waals surface area contributed by atoms with E-state index in [1.54, 1.807) is 33.1 Å². The standard InChI is InChI=1S/C34H41N3O6/c1-21(35-32(40)26-18-24-10-6-7-11-25(24)19-26)31(39)37-29(17-23-12-14-27(42-3)15-13-23)33(41)36-28(16-22-8-4-5-9-22)30(38)34(2)20-43-34/h6-7,10-15,18,21-22,28-29H,4-5,8-9,16-17,19-20H2,1-3H3,(H,35,40)(H,36,41)(H,37,39)/t21-,28+,29+,34-/m1/s1. The van der Waals surface area contributed by atoms with E-state index in [2.05, 4.69) is 16.0 Å². The molecule has 0 spiro atoms. The highest BCUT2D eigenvalue weighted by molar-refractivity contribution is 6.03. The molecule has 1 aliphatic heterocycles. The van der Waals surface area contributed by atoms with Crippen molar-refractivity contribution < 1.29 is 28.7 Å². The van der Waals surface area contributed by atoms with Gasteiger partial charge in [-0.2, -0.15) is 0 Å². The van der Waals surface area contributed by atoms with E-state index in [1.165, 1.54) is 0 Å². The molecular formula is C34H41N3O6. The summed E-state index contributed by atoms with van der Waals surface area (Å²) in [6.07, 6.45) is 7.38. The minimum Gasteiger partial charge on any atom is -0.497 e. The van der Waals surface area contributed by atoms with Crippen molar-refractivity contribution in [3.8, 4) is 5.75 Å². The first-order chi connectivity index (χ1) is 20.6. The van der Waals surface area contributed by atoms with E-state index in [9.17, 15) is 19.2 Å². The zero-order valence-corrected chi connectivity index (χ0v) is 25.1. The molecule has 0 bridgehead atoms. The third-order valence-corrected chi connectivity index (χ3v) is 8.81. The number of epoxide rings is 1. The Labute approximate surface area is 252 Å². The lowest BCUT2D eigenvalue weighted by molar-refractivity contribution is -0.134. The molecule has 0 aromatic heterocycles. The van der Waals surface area contributed by atoms with E-state index in [-0.39, 0.29) is 18.1 Å². The number of amides is 3. The van der Waals surface area contributed by atoms with Gasteiger partial charge in [0.1, 0.15) is 23.4 Å². The Kier molecular flexibility index (Phi) is 9.30. The molecule has 9 heteroatoms. The van der Waals surface area contributed by atoms with Gasteiger partial charge >= 0.3 is 0 Å². The molecule has 2 fully saturated rings. The first-order valence-electron chi connectivity index (χ1n) is 15.2. The van der Waals surface area contributed by atoms with Crippen molar-refractivity contribution >= 4 is 29.6 Å². The number of nitrogens with one attached hydrogen (secondary N) is 3. The highest BCUT2D eigenvalue weighted by Gasteiger charge is 2.50. The molecule has 43 heavy (non-hydrogen) atoms. The van der Waals surface area contributed by atoms with Crippen molar-refractivity contribution in [3.05, 3.63) is 70.8 Å². The SMILES string of the molecule is COc1ccc(C[C@H](NC(=O)[C@@H](C)NC(=O)C2=Cc3ccccc3C2)C(=O)N[C@@H](CC2CCCC2)C(=O)[C@@]2(C)CO2)cc1. The van der Waals surface area contributed by atoms with Gasteiger partial charge in [0.05, 0.1) is 19.8 Å². The van der Waals surface area contributed by atoms with Crippen LogP contribution in [0.15, 0.2) is 54.1 Å². The minimum atomic E-state index is -0.970. The third-order valence-electron chi connectivity index (χ3n) is 8.81. The summed E-state index contributed by atoms with van der Waals surface area (Å²) in [5.41, 5.74) is 2.57. The summed E-state index contributed by atoms with van der Waals surface area (Å²) in [5.74, 6) is -0.360. The number of ether oxygens (including phenoxy) is 2. The van der Waals surface area contributed by atoms with Gasteiger partial charge in [-0.3, -0.25) is 19.2 Å². The number of fused-ring (bicyclic) bond motifs is 1. The lowest BCUT2D eigenvalue weighted by Gasteiger charge is -2.26. The molecule has 2 aromatic rings. The van der Waals surface area contributed by atoms with Gasteiger partial charge in [-0.15, -0.1) is 0 Å². The highest BCUT2D eigenvalue weighted by atomic mass is 16.6. The van der Waals surface area contributed by atoms with Crippen LogP contribution in [0.1, 0.15) is 62.6 Å². The fraction of sp³-hybridized carbons (Fsp3) is 0.471. The van der Waals surface area contributed by atoms with Crippen LogP contribution in [0, 0.1) is 5.92 Å². The van der Waals surface area contributed by atoms with Gasteiger partial charge in [0.15, 0.2) is 5.78 Å². The number of rotatable bonds is 13. The van der Waals surface area contributed by atoms with Gasteiger partial charge in [0, 0.05) is 18.4 Å². The van der Waals surface area contributed by atoms with Crippen LogP contribution in [0.5, 0.6) is 5.75 Å². The number of methoxy groups -OCH3 is 1. The molecule has 1 saturated heterocycles. The van der Waals surface area contributed by atoms with Crippen molar-refractivity contribution in [2.75, 3.05) is 13.7 Å². The molecule has 0 unspecified atom stereocenters. The number of benzene rings is 2. The van der Waals surface area contributed by atoms with Gasteiger partial charge in [-0.05, 0) is 61.1 Å². The molecule has 3 aliphatic rings. The summed E-state index contributed by atoms with van der Waals surface area (Å²) in [5, 5.41) is 8.59. The zero-order valence-electron chi connectivity index (χ0n) is 25.1. The lowest BCUT2D eigenvalue weighted by atomic mass is 9.90. The topological polar surface area (TPSA) is 126 Å². The van der Waals surface area contributed by atoms with E-state index < -0.39 is 35.5 Å². The van der Waals surface area contributed by atoms with Crippen LogP contribution in [0.25, 0.3) is 6.08 Å². The van der Waals surface area contributed by atoms with Crippen molar-refractivity contribution in [1.82, 2.24) is 16.0 Å². The Hall–Kier alpha value is -3.98. The molecule has 228 valence electrons. The molecule has 1 heterocycles. The molecular weight excluding hydrogens is 546 g/mol. The first-order valence-corrected chi connectivity index (χ1v) is 15.2. The van der Waals surface area contributed by atoms with Crippen LogP contribution in [-0.2, 0) is 36.8 Å². The maximum Gasteiger partial charge on any atom is 0.248 e. The number of carbonyl (C=O) groups excluding carboxylic acids is 4. The molecule has 1 saturated carbocycles. The van der Waals surface area contributed by atoms with Crippen LogP contribution in [0.2, 0.25) is 0 Å². The largest absolute Gasteiger partial charge is 0.497 e. The van der Waals surface area contributed by atoms with Gasteiger partial charge in [-0.1, -0.05) is 62.1 Å². The average molecular weight is 588 g/mol. The van der Waals surface area contributed by atoms with E-state index in [1.807, 2.05) is 42.5 Å². The predicted molar refractivity (Wildman–Crippen MR) is 162 cm³/mol. The summed E-state index contributed by atoms with van der Waals surface area (Å²) in [7, 11) is 1.58. The van der Waals surface area contributed by atoms with E-state index >= 15 is 0 Å². The summed E-state index contributed by atoms with van der Waals surface area (Å²) in [4.78, 5) is 53.5. The van der Waals surface area contributed by atoms with Gasteiger partial charge in [-0.25, -0.2) is 0 Å². The fourth-order valence-electron chi connectivity index (χ4n) is 5.99. The highest BCUT2D eigenvalue weighted by Crippen LogP contribution is 2.33. The second-order valence-corrected chi connectivity index (χ2v) is 12.2. The molecule has 2 aromatic carbocycles. The van der Waals surface area contributed by atoms with Crippen LogP contribution >= 0.6 is 0 Å². The fourth-order valence-corrected chi connectivity index (χ4v) is 5.99.